The van der Waals surface area contributed by atoms with E-state index in [0.717, 1.165) is 49.7 Å². The van der Waals surface area contributed by atoms with Crippen LogP contribution in [0.2, 0.25) is 0 Å². The van der Waals surface area contributed by atoms with E-state index in [1.54, 1.807) is 7.11 Å². The van der Waals surface area contributed by atoms with Crippen LogP contribution in [0.5, 0.6) is 5.75 Å². The highest BCUT2D eigenvalue weighted by Crippen LogP contribution is 2.21. The lowest BCUT2D eigenvalue weighted by atomic mass is 10.1. The van der Waals surface area contributed by atoms with Crippen molar-refractivity contribution in [3.05, 3.63) is 54.1 Å². The van der Waals surface area contributed by atoms with Crippen LogP contribution in [0.3, 0.4) is 0 Å². The first-order chi connectivity index (χ1) is 12.7. The second kappa shape index (κ2) is 8.72. The number of amides is 1. The van der Waals surface area contributed by atoms with Crippen LogP contribution in [-0.2, 0) is 11.2 Å². The van der Waals surface area contributed by atoms with Crippen LogP contribution in [0, 0.1) is 0 Å². The Bertz CT molecular complexity index is 722. The molecule has 1 aliphatic rings. The molecule has 3 rings (SSSR count). The highest BCUT2D eigenvalue weighted by Gasteiger charge is 2.16. The Kier molecular flexibility index (Phi) is 6.12. The molecule has 0 bridgehead atoms. The number of hydrogen-bond acceptors (Lipinski definition) is 4. The number of rotatable bonds is 6. The lowest BCUT2D eigenvalue weighted by Gasteiger charge is -2.35. The Morgan fingerprint density at radius 1 is 1.04 bits per heavy atom. The van der Waals surface area contributed by atoms with E-state index in [9.17, 15) is 4.79 Å². The first-order valence-electron chi connectivity index (χ1n) is 9.18. The Hall–Kier alpha value is -2.53. The second-order valence-corrected chi connectivity index (χ2v) is 6.50. The Balaban J connectivity index is 1.56. The van der Waals surface area contributed by atoms with Gasteiger partial charge in [0.1, 0.15) is 5.75 Å². The highest BCUT2D eigenvalue weighted by atomic mass is 16.5. The molecule has 1 saturated heterocycles. The number of ether oxygens (including phenoxy) is 1. The first-order valence-corrected chi connectivity index (χ1v) is 9.18. The predicted octanol–water partition coefficient (Wildman–Crippen LogP) is 3.02. The van der Waals surface area contributed by atoms with E-state index in [-0.39, 0.29) is 5.91 Å². The summed E-state index contributed by atoms with van der Waals surface area (Å²) in [5.74, 6) is 0.697. The molecule has 5 nitrogen and oxygen atoms in total. The van der Waals surface area contributed by atoms with E-state index >= 15 is 0 Å². The molecule has 0 saturated carbocycles. The predicted molar refractivity (Wildman–Crippen MR) is 106 cm³/mol. The number of likely N-dealkylation sites (N-methyl/N-ethyl adjacent to an activating group) is 1. The second-order valence-electron chi connectivity index (χ2n) is 6.50. The van der Waals surface area contributed by atoms with Gasteiger partial charge in [-0.25, -0.2) is 0 Å². The number of methoxy groups -OCH3 is 1. The standard InChI is InChI=1S/C21H27N3O2/c1-3-23-12-14-24(15-13-23)19-10-8-18(9-11-19)22-21(25)16-17-6-4-5-7-20(17)26-2/h4-11H,3,12-16H2,1-2H3,(H,22,25). The molecule has 1 heterocycles. The van der Waals surface area contributed by atoms with E-state index in [4.69, 9.17) is 4.74 Å². The van der Waals surface area contributed by atoms with Gasteiger partial charge in [-0.05, 0) is 36.9 Å². The third-order valence-corrected chi connectivity index (χ3v) is 4.88. The minimum atomic E-state index is -0.0428. The maximum absolute atomic E-state index is 12.3. The zero-order chi connectivity index (χ0) is 18.4. The molecule has 2 aromatic rings. The third kappa shape index (κ3) is 4.55. The molecule has 0 aliphatic carbocycles. The van der Waals surface area contributed by atoms with Gasteiger partial charge in [-0.3, -0.25) is 4.79 Å². The molecule has 1 aliphatic heterocycles. The summed E-state index contributed by atoms with van der Waals surface area (Å²) in [5, 5.41) is 2.97. The van der Waals surface area contributed by atoms with Crippen LogP contribution in [0.25, 0.3) is 0 Å². The summed E-state index contributed by atoms with van der Waals surface area (Å²) in [7, 11) is 1.62. The normalized spacial score (nSPS) is 14.9. The summed E-state index contributed by atoms with van der Waals surface area (Å²) in [6.45, 7) is 7.63. The smallest absolute Gasteiger partial charge is 0.228 e. The fourth-order valence-electron chi connectivity index (χ4n) is 3.31. The fraction of sp³-hybridized carbons (Fsp3) is 0.381. The van der Waals surface area contributed by atoms with Gasteiger partial charge in [-0.1, -0.05) is 25.1 Å². The summed E-state index contributed by atoms with van der Waals surface area (Å²) < 4.78 is 5.31. The van der Waals surface area contributed by atoms with Crippen molar-refractivity contribution in [1.29, 1.82) is 0 Å². The zero-order valence-electron chi connectivity index (χ0n) is 15.6. The number of anilines is 2. The zero-order valence-corrected chi connectivity index (χ0v) is 15.6. The quantitative estimate of drug-likeness (QED) is 0.867. The molecule has 138 valence electrons. The van der Waals surface area contributed by atoms with Crippen molar-refractivity contribution >= 4 is 17.3 Å². The average molecular weight is 353 g/mol. The highest BCUT2D eigenvalue weighted by molar-refractivity contribution is 5.92. The van der Waals surface area contributed by atoms with Crippen molar-refractivity contribution in [2.45, 2.75) is 13.3 Å². The monoisotopic (exact) mass is 353 g/mol. The van der Waals surface area contributed by atoms with E-state index in [0.29, 0.717) is 6.42 Å². The minimum Gasteiger partial charge on any atom is -0.496 e. The molecule has 5 heteroatoms. The van der Waals surface area contributed by atoms with Crippen LogP contribution in [0.4, 0.5) is 11.4 Å². The molecule has 1 fully saturated rings. The summed E-state index contributed by atoms with van der Waals surface area (Å²) >= 11 is 0. The lowest BCUT2D eigenvalue weighted by molar-refractivity contribution is -0.115. The van der Waals surface area contributed by atoms with Crippen molar-refractivity contribution in [3.8, 4) is 5.75 Å². The van der Waals surface area contributed by atoms with Gasteiger partial charge >= 0.3 is 0 Å². The number of para-hydroxylation sites is 1. The van der Waals surface area contributed by atoms with Crippen LogP contribution in [0.1, 0.15) is 12.5 Å². The first kappa shape index (κ1) is 18.3. The molecule has 1 amide bonds. The van der Waals surface area contributed by atoms with Crippen molar-refractivity contribution in [3.63, 3.8) is 0 Å². The van der Waals surface area contributed by atoms with Crippen LogP contribution in [-0.4, -0.2) is 50.6 Å². The molecular weight excluding hydrogens is 326 g/mol. The molecule has 1 N–H and O–H groups in total. The van der Waals surface area contributed by atoms with E-state index in [1.165, 1.54) is 5.69 Å². The summed E-state index contributed by atoms with van der Waals surface area (Å²) in [4.78, 5) is 17.2. The number of carbonyl (C=O) groups is 1. The number of nitrogens with zero attached hydrogens (tertiary/aromatic N) is 2. The van der Waals surface area contributed by atoms with Gasteiger partial charge in [0.05, 0.1) is 13.5 Å². The maximum Gasteiger partial charge on any atom is 0.228 e. The summed E-state index contributed by atoms with van der Waals surface area (Å²) in [6, 6.07) is 15.7. The van der Waals surface area contributed by atoms with Gasteiger partial charge < -0.3 is 19.9 Å². The number of benzene rings is 2. The molecule has 0 radical (unpaired) electrons. The summed E-state index contributed by atoms with van der Waals surface area (Å²) in [5.41, 5.74) is 2.92. The molecule has 0 unspecified atom stereocenters. The molecule has 0 spiro atoms. The Morgan fingerprint density at radius 3 is 2.38 bits per heavy atom. The number of nitrogens with one attached hydrogen (secondary N) is 1. The van der Waals surface area contributed by atoms with Gasteiger partial charge in [-0.2, -0.15) is 0 Å². The van der Waals surface area contributed by atoms with Gasteiger partial charge in [-0.15, -0.1) is 0 Å². The van der Waals surface area contributed by atoms with Gasteiger partial charge in [0, 0.05) is 43.1 Å². The van der Waals surface area contributed by atoms with Crippen molar-refractivity contribution in [2.75, 3.05) is 50.1 Å². The van der Waals surface area contributed by atoms with Crippen LogP contribution < -0.4 is 15.0 Å². The molecular formula is C21H27N3O2. The van der Waals surface area contributed by atoms with Gasteiger partial charge in [0.25, 0.3) is 0 Å². The number of carbonyl (C=O) groups excluding carboxylic acids is 1. The summed E-state index contributed by atoms with van der Waals surface area (Å²) in [6.07, 6.45) is 0.296. The molecule has 0 atom stereocenters. The Labute approximate surface area is 155 Å². The minimum absolute atomic E-state index is 0.0428. The average Bonchev–Trinajstić information content (AvgIpc) is 2.69. The fourth-order valence-corrected chi connectivity index (χ4v) is 3.31. The topological polar surface area (TPSA) is 44.8 Å². The van der Waals surface area contributed by atoms with Crippen molar-refractivity contribution in [2.24, 2.45) is 0 Å². The number of hydrogen-bond donors (Lipinski definition) is 1. The molecule has 2 aromatic carbocycles. The molecule has 0 aromatic heterocycles. The van der Waals surface area contributed by atoms with E-state index in [2.05, 4.69) is 34.2 Å². The van der Waals surface area contributed by atoms with E-state index in [1.807, 2.05) is 36.4 Å². The SMILES string of the molecule is CCN1CCN(c2ccc(NC(=O)Cc3ccccc3OC)cc2)CC1. The van der Waals surface area contributed by atoms with Gasteiger partial charge in [0.15, 0.2) is 0 Å². The van der Waals surface area contributed by atoms with Gasteiger partial charge in [0.2, 0.25) is 5.91 Å². The van der Waals surface area contributed by atoms with Crippen molar-refractivity contribution < 1.29 is 9.53 Å². The van der Waals surface area contributed by atoms with Crippen LogP contribution >= 0.6 is 0 Å². The largest absolute Gasteiger partial charge is 0.496 e. The lowest BCUT2D eigenvalue weighted by Crippen LogP contribution is -2.46. The Morgan fingerprint density at radius 2 is 1.73 bits per heavy atom. The van der Waals surface area contributed by atoms with E-state index < -0.39 is 0 Å². The number of piperazine rings is 1. The maximum atomic E-state index is 12.3. The third-order valence-electron chi connectivity index (χ3n) is 4.88. The van der Waals surface area contributed by atoms with Crippen LogP contribution in [0.15, 0.2) is 48.5 Å². The molecule has 26 heavy (non-hydrogen) atoms. The van der Waals surface area contributed by atoms with Crippen molar-refractivity contribution in [1.82, 2.24) is 4.90 Å².